The number of hydrogen-bond donors (Lipinski definition) is 3. The average Bonchev–Trinajstić information content (AvgIpc) is 3.94. The maximum atomic E-state index is 14.3. The molecule has 3 saturated heterocycles. The van der Waals surface area contributed by atoms with Crippen molar-refractivity contribution in [1.82, 2.24) is 30.6 Å². The minimum atomic E-state index is -0.806. The zero-order valence-electron chi connectivity index (χ0n) is 32.9. The standard InChI is InChI=1S/C44H46N8O5S/c1-25(2)40(43(56)52-19-32(53)17-36(52)42(55)46-26(3)28-9-11-29(12-10-28)41-27(4)45-24-58-41)38-18-39(49-57-38)51-22-44(23-51)20-50(21-44)31-14-13-30-15-35(48-47-34(30)16-31)33-7-5-6-8-37(33)54/h5-16,18,24-26,32,36,40,53-54H,17,19-23H2,1-4H3,(H,46,55)/t26-,32+,36-,40+/m0/s1. The predicted octanol–water partition coefficient (Wildman–Crippen LogP) is 6.33. The number of phenols is 1. The van der Waals surface area contributed by atoms with Gasteiger partial charge in [-0.05, 0) is 61.2 Å². The van der Waals surface area contributed by atoms with Crippen molar-refractivity contribution in [2.75, 3.05) is 42.5 Å². The molecule has 6 aromatic rings. The topological polar surface area (TPSA) is 161 Å². The van der Waals surface area contributed by atoms with Gasteiger partial charge in [0.15, 0.2) is 11.6 Å². The summed E-state index contributed by atoms with van der Waals surface area (Å²) in [6.45, 7) is 11.3. The summed E-state index contributed by atoms with van der Waals surface area (Å²) in [5.41, 5.74) is 8.14. The largest absolute Gasteiger partial charge is 0.507 e. The first-order chi connectivity index (χ1) is 27.9. The number of aliphatic hydroxyl groups is 1. The molecule has 298 valence electrons. The number of likely N-dealkylation sites (tertiary alicyclic amines) is 1. The average molecular weight is 799 g/mol. The molecule has 9 rings (SSSR count). The van der Waals surface area contributed by atoms with E-state index in [1.165, 1.54) is 4.90 Å². The molecule has 6 heterocycles. The first kappa shape index (κ1) is 37.7. The predicted molar refractivity (Wildman–Crippen MR) is 223 cm³/mol. The number of carbonyl (C=O) groups excluding carboxylic acids is 2. The molecule has 3 aromatic heterocycles. The van der Waals surface area contributed by atoms with Crippen LogP contribution < -0.4 is 15.1 Å². The molecule has 58 heavy (non-hydrogen) atoms. The van der Waals surface area contributed by atoms with Crippen LogP contribution in [0.5, 0.6) is 5.75 Å². The van der Waals surface area contributed by atoms with E-state index in [0.717, 1.165) is 64.5 Å². The Morgan fingerprint density at radius 3 is 2.43 bits per heavy atom. The minimum Gasteiger partial charge on any atom is -0.507 e. The quantitative estimate of drug-likeness (QED) is 0.142. The maximum Gasteiger partial charge on any atom is 0.243 e. The number of thiazole rings is 1. The smallest absolute Gasteiger partial charge is 0.243 e. The van der Waals surface area contributed by atoms with Crippen LogP contribution >= 0.6 is 11.3 Å². The molecule has 14 heteroatoms. The highest BCUT2D eigenvalue weighted by molar-refractivity contribution is 7.13. The number of nitrogens with one attached hydrogen (secondary N) is 1. The number of amides is 2. The fourth-order valence-electron chi connectivity index (χ4n) is 8.80. The first-order valence-corrected chi connectivity index (χ1v) is 20.6. The van der Waals surface area contributed by atoms with Crippen LogP contribution in [0.15, 0.2) is 88.9 Å². The number of anilines is 2. The third-order valence-electron chi connectivity index (χ3n) is 11.9. The molecule has 1 spiro atoms. The summed E-state index contributed by atoms with van der Waals surface area (Å²) in [5, 5.41) is 38.2. The van der Waals surface area contributed by atoms with E-state index in [2.05, 4.69) is 47.6 Å². The Hall–Kier alpha value is -5.86. The molecule has 3 fully saturated rings. The van der Waals surface area contributed by atoms with E-state index in [-0.39, 0.29) is 47.9 Å². The molecule has 3 aromatic carbocycles. The van der Waals surface area contributed by atoms with Gasteiger partial charge >= 0.3 is 0 Å². The maximum absolute atomic E-state index is 14.3. The number of hydrogen-bond acceptors (Lipinski definition) is 12. The van der Waals surface area contributed by atoms with Gasteiger partial charge in [-0.25, -0.2) is 4.98 Å². The summed E-state index contributed by atoms with van der Waals surface area (Å²) >= 11 is 1.60. The molecule has 0 radical (unpaired) electrons. The van der Waals surface area contributed by atoms with Gasteiger partial charge in [-0.15, -0.1) is 21.5 Å². The number of nitrogens with zero attached hydrogens (tertiary/aromatic N) is 7. The SMILES string of the molecule is Cc1ncsc1-c1ccc([C@H](C)NC(=O)[C@@H]2C[C@@H](O)CN2C(=O)[C@@H](c2cc(N3CC4(CN(c5ccc6cc(-c7ccccc7O)nnc6c5)C4)C3)no2)C(C)C)cc1. The number of para-hydroxylation sites is 1. The highest BCUT2D eigenvalue weighted by Crippen LogP contribution is 2.45. The number of phenolic OH excluding ortho intramolecular Hbond substituents is 1. The number of benzene rings is 3. The third-order valence-corrected chi connectivity index (χ3v) is 12.9. The molecule has 4 atom stereocenters. The summed E-state index contributed by atoms with van der Waals surface area (Å²) in [5.74, 6) is -0.0264. The van der Waals surface area contributed by atoms with E-state index >= 15 is 0 Å². The summed E-state index contributed by atoms with van der Waals surface area (Å²) < 4.78 is 5.87. The Morgan fingerprint density at radius 1 is 0.948 bits per heavy atom. The van der Waals surface area contributed by atoms with Crippen LogP contribution in [0.1, 0.15) is 56.2 Å². The molecule has 0 aliphatic carbocycles. The zero-order chi connectivity index (χ0) is 40.3. The van der Waals surface area contributed by atoms with Crippen molar-refractivity contribution in [3.63, 3.8) is 0 Å². The van der Waals surface area contributed by atoms with Crippen LogP contribution in [-0.2, 0) is 9.59 Å². The lowest BCUT2D eigenvalue weighted by atomic mass is 9.72. The van der Waals surface area contributed by atoms with Gasteiger partial charge in [0.05, 0.1) is 39.4 Å². The van der Waals surface area contributed by atoms with Gasteiger partial charge in [-0.1, -0.05) is 61.5 Å². The van der Waals surface area contributed by atoms with Crippen LogP contribution in [0.2, 0.25) is 0 Å². The summed E-state index contributed by atoms with van der Waals surface area (Å²) in [6, 6.07) is 24.1. The molecule has 3 aliphatic rings. The van der Waals surface area contributed by atoms with Crippen LogP contribution in [-0.4, -0.2) is 92.1 Å². The second-order valence-electron chi connectivity index (χ2n) is 16.5. The molecule has 13 nitrogen and oxygen atoms in total. The van der Waals surface area contributed by atoms with Gasteiger partial charge < -0.3 is 34.8 Å². The summed E-state index contributed by atoms with van der Waals surface area (Å²) in [4.78, 5) is 39.5. The Bertz CT molecular complexity index is 2490. The van der Waals surface area contributed by atoms with Crippen molar-refractivity contribution < 1.29 is 24.3 Å². The number of β-amino-alcohol motifs (C(OH)–C–C–N with tert-alkyl or cyclic N) is 1. The highest BCUT2D eigenvalue weighted by atomic mass is 32.1. The molecule has 2 amide bonds. The lowest BCUT2D eigenvalue weighted by Gasteiger charge is -2.61. The Labute approximate surface area is 340 Å². The lowest BCUT2D eigenvalue weighted by Crippen LogP contribution is -2.72. The number of aromatic nitrogens is 4. The number of aryl methyl sites for hydroxylation is 1. The molecular formula is C44H46N8O5S. The van der Waals surface area contributed by atoms with E-state index in [1.807, 2.05) is 87.8 Å². The van der Waals surface area contributed by atoms with Crippen molar-refractivity contribution in [1.29, 1.82) is 0 Å². The normalized spacial score (nSPS) is 19.7. The van der Waals surface area contributed by atoms with Gasteiger partial charge in [0.25, 0.3) is 0 Å². The number of fused-ring (bicyclic) bond motifs is 1. The summed E-state index contributed by atoms with van der Waals surface area (Å²) in [7, 11) is 0. The molecule has 0 saturated carbocycles. The van der Waals surface area contributed by atoms with Crippen LogP contribution in [0.25, 0.3) is 32.6 Å². The van der Waals surface area contributed by atoms with E-state index in [9.17, 15) is 19.8 Å². The molecule has 0 bridgehead atoms. The van der Waals surface area contributed by atoms with Crippen molar-refractivity contribution in [3.8, 4) is 27.4 Å². The lowest BCUT2D eigenvalue weighted by molar-refractivity contribution is -0.141. The number of aromatic hydroxyl groups is 1. The summed E-state index contributed by atoms with van der Waals surface area (Å²) in [6.07, 6.45) is -0.639. The van der Waals surface area contributed by atoms with E-state index in [0.29, 0.717) is 22.8 Å². The van der Waals surface area contributed by atoms with Gasteiger partial charge in [-0.3, -0.25) is 9.59 Å². The molecule has 0 unspecified atom stereocenters. The Balaban J connectivity index is 0.816. The fourth-order valence-corrected chi connectivity index (χ4v) is 9.62. The Morgan fingerprint density at radius 2 is 1.71 bits per heavy atom. The fraction of sp³-hybridized carbons (Fsp3) is 0.364. The van der Waals surface area contributed by atoms with E-state index in [1.54, 1.807) is 23.5 Å². The third kappa shape index (κ3) is 6.93. The molecule has 3 N–H and O–H groups in total. The van der Waals surface area contributed by atoms with E-state index in [4.69, 9.17) is 4.52 Å². The number of rotatable bonds is 10. The van der Waals surface area contributed by atoms with Gasteiger partial charge in [-0.2, -0.15) is 0 Å². The molecule has 3 aliphatic heterocycles. The van der Waals surface area contributed by atoms with Gasteiger partial charge in [0.1, 0.15) is 17.7 Å². The second-order valence-corrected chi connectivity index (χ2v) is 17.4. The number of carbonyl (C=O) groups is 2. The van der Waals surface area contributed by atoms with E-state index < -0.39 is 18.1 Å². The van der Waals surface area contributed by atoms with Crippen LogP contribution in [0.3, 0.4) is 0 Å². The van der Waals surface area contributed by atoms with Gasteiger partial charge in [0.2, 0.25) is 11.8 Å². The second kappa shape index (κ2) is 14.8. The van der Waals surface area contributed by atoms with Crippen molar-refractivity contribution in [3.05, 3.63) is 101 Å². The van der Waals surface area contributed by atoms with Crippen LogP contribution in [0.4, 0.5) is 11.5 Å². The number of aliphatic hydroxyl groups excluding tert-OH is 1. The van der Waals surface area contributed by atoms with Gasteiger partial charge in [0, 0.05) is 67.3 Å². The molecular weight excluding hydrogens is 753 g/mol. The Kier molecular flexibility index (Phi) is 9.63. The monoisotopic (exact) mass is 798 g/mol. The first-order valence-electron chi connectivity index (χ1n) is 19.8. The highest BCUT2D eigenvalue weighted by Gasteiger charge is 2.53. The minimum absolute atomic E-state index is 0.0760. The van der Waals surface area contributed by atoms with Crippen molar-refractivity contribution in [2.24, 2.45) is 11.3 Å². The van der Waals surface area contributed by atoms with Crippen molar-refractivity contribution in [2.45, 2.75) is 58.2 Å². The zero-order valence-corrected chi connectivity index (χ0v) is 33.7. The van der Waals surface area contributed by atoms with Crippen molar-refractivity contribution >= 4 is 45.6 Å². The van der Waals surface area contributed by atoms with Crippen LogP contribution in [0, 0.1) is 18.3 Å².